The topological polar surface area (TPSA) is 82.8 Å². The molecule has 0 aliphatic carbocycles. The van der Waals surface area contributed by atoms with Crippen LogP contribution in [0, 0.1) is 11.6 Å². The number of nitrogens with zero attached hydrogens (tertiary/aromatic N) is 5. The van der Waals surface area contributed by atoms with E-state index in [1.165, 1.54) is 10.7 Å². The number of nitrogens with one attached hydrogen (secondary N) is 1. The third kappa shape index (κ3) is 5.36. The zero-order chi connectivity index (χ0) is 28.7. The van der Waals surface area contributed by atoms with Gasteiger partial charge < -0.3 is 15.1 Å². The van der Waals surface area contributed by atoms with Gasteiger partial charge in [-0.25, -0.2) is 22.7 Å². The summed E-state index contributed by atoms with van der Waals surface area (Å²) in [6.45, 7) is 3.03. The number of hydrogen-bond acceptors (Lipinski definition) is 5. The van der Waals surface area contributed by atoms with E-state index in [9.17, 15) is 22.8 Å². The second kappa shape index (κ2) is 10.9. The van der Waals surface area contributed by atoms with Crippen LogP contribution >= 0.6 is 0 Å². The van der Waals surface area contributed by atoms with Crippen molar-refractivity contribution in [2.24, 2.45) is 0 Å². The average molecular weight is 563 g/mol. The minimum absolute atomic E-state index is 0.00826. The Morgan fingerprint density at radius 2 is 1.78 bits per heavy atom. The molecule has 0 saturated carbocycles. The van der Waals surface area contributed by atoms with Gasteiger partial charge in [-0.05, 0) is 60.7 Å². The summed E-state index contributed by atoms with van der Waals surface area (Å²) in [5.41, 5.74) is 2.31. The van der Waals surface area contributed by atoms with Crippen LogP contribution in [0.15, 0.2) is 60.9 Å². The fourth-order valence-electron chi connectivity index (χ4n) is 5.85. The summed E-state index contributed by atoms with van der Waals surface area (Å²) in [5.74, 6) is -0.840. The zero-order valence-electron chi connectivity index (χ0n) is 22.4. The normalized spacial score (nSPS) is 19.6. The van der Waals surface area contributed by atoms with E-state index in [-0.39, 0.29) is 35.6 Å². The smallest absolute Gasteiger partial charge is 0.261 e. The van der Waals surface area contributed by atoms with Crippen molar-refractivity contribution in [3.8, 4) is 0 Å². The number of alkyl halides is 1. The number of rotatable bonds is 5. The van der Waals surface area contributed by atoms with Crippen LogP contribution in [0.2, 0.25) is 0 Å². The molecule has 2 aliphatic heterocycles. The third-order valence-electron chi connectivity index (χ3n) is 8.04. The minimum atomic E-state index is -1.25. The molecular formula is C30H29F3N6O2. The van der Waals surface area contributed by atoms with Gasteiger partial charge in [0.15, 0.2) is 5.65 Å². The Hall–Kier alpha value is -4.41. The number of carbonyl (C=O) groups excluding carboxylic acids is 2. The predicted octanol–water partition coefficient (Wildman–Crippen LogP) is 5.28. The van der Waals surface area contributed by atoms with Gasteiger partial charge in [-0.1, -0.05) is 12.1 Å². The molecule has 8 nitrogen and oxygen atoms in total. The van der Waals surface area contributed by atoms with Gasteiger partial charge in [0, 0.05) is 43.9 Å². The van der Waals surface area contributed by atoms with Crippen molar-refractivity contribution in [3.63, 3.8) is 0 Å². The Balaban J connectivity index is 1.20. The van der Waals surface area contributed by atoms with Crippen LogP contribution < -0.4 is 10.2 Å². The SMILES string of the molecule is CC(=O)N1CCC(c2ccc(NC(=O)c3cnn4ccc(N5C[C@@H](F)C[C@@H]5c5cc(F)ccc5F)nc34)cc2)CC1. The number of aromatic nitrogens is 3. The fraction of sp³-hybridized carbons (Fsp3) is 0.333. The predicted molar refractivity (Wildman–Crippen MR) is 148 cm³/mol. The van der Waals surface area contributed by atoms with Gasteiger partial charge in [0.25, 0.3) is 5.91 Å². The van der Waals surface area contributed by atoms with E-state index >= 15 is 0 Å². The van der Waals surface area contributed by atoms with E-state index in [0.717, 1.165) is 49.7 Å². The van der Waals surface area contributed by atoms with E-state index in [0.29, 0.717) is 17.4 Å². The maximum atomic E-state index is 14.6. The molecule has 2 amide bonds. The van der Waals surface area contributed by atoms with Crippen LogP contribution in [0.5, 0.6) is 0 Å². The molecule has 2 saturated heterocycles. The lowest BCUT2D eigenvalue weighted by Gasteiger charge is -2.31. The van der Waals surface area contributed by atoms with Crippen LogP contribution in [0.25, 0.3) is 5.65 Å². The highest BCUT2D eigenvalue weighted by Gasteiger charge is 2.36. The first-order chi connectivity index (χ1) is 19.8. The second-order valence-electron chi connectivity index (χ2n) is 10.6. The highest BCUT2D eigenvalue weighted by Crippen LogP contribution is 2.38. The molecule has 2 aromatic carbocycles. The van der Waals surface area contributed by atoms with Crippen molar-refractivity contribution in [2.75, 3.05) is 29.9 Å². The van der Waals surface area contributed by atoms with Crippen molar-refractivity contribution < 1.29 is 22.8 Å². The van der Waals surface area contributed by atoms with Crippen LogP contribution in [-0.4, -0.2) is 57.1 Å². The van der Waals surface area contributed by atoms with Crippen LogP contribution in [0.1, 0.15) is 59.6 Å². The highest BCUT2D eigenvalue weighted by molar-refractivity contribution is 6.08. The van der Waals surface area contributed by atoms with E-state index in [1.54, 1.807) is 24.1 Å². The molecule has 11 heteroatoms. The number of likely N-dealkylation sites (tertiary alicyclic amines) is 1. The molecule has 0 radical (unpaired) electrons. The largest absolute Gasteiger partial charge is 0.346 e. The number of piperidine rings is 1. The lowest BCUT2D eigenvalue weighted by molar-refractivity contribution is -0.129. The van der Waals surface area contributed by atoms with Crippen molar-refractivity contribution in [1.29, 1.82) is 0 Å². The van der Waals surface area contributed by atoms with Crippen LogP contribution in [-0.2, 0) is 4.79 Å². The maximum absolute atomic E-state index is 14.6. The molecule has 4 heterocycles. The molecule has 1 N–H and O–H groups in total. The molecule has 6 rings (SSSR count). The summed E-state index contributed by atoms with van der Waals surface area (Å²) in [7, 11) is 0. The van der Waals surface area contributed by atoms with Gasteiger partial charge in [-0.2, -0.15) is 5.10 Å². The Morgan fingerprint density at radius 3 is 2.51 bits per heavy atom. The lowest BCUT2D eigenvalue weighted by Crippen LogP contribution is -2.36. The van der Waals surface area contributed by atoms with Gasteiger partial charge >= 0.3 is 0 Å². The zero-order valence-corrected chi connectivity index (χ0v) is 22.4. The number of amides is 2. The molecule has 2 fully saturated rings. The number of fused-ring (bicyclic) bond motifs is 1. The Kier molecular flexibility index (Phi) is 7.10. The summed E-state index contributed by atoms with van der Waals surface area (Å²) in [5, 5.41) is 7.11. The highest BCUT2D eigenvalue weighted by atomic mass is 19.1. The molecule has 2 aliphatic rings. The maximum Gasteiger partial charge on any atom is 0.261 e. The second-order valence-corrected chi connectivity index (χ2v) is 10.6. The van der Waals surface area contributed by atoms with Gasteiger partial charge in [0.05, 0.1) is 18.8 Å². The minimum Gasteiger partial charge on any atom is -0.346 e. The molecule has 4 aromatic rings. The van der Waals surface area contributed by atoms with E-state index < -0.39 is 29.8 Å². The summed E-state index contributed by atoms with van der Waals surface area (Å²) in [6, 6.07) is 11.7. The lowest BCUT2D eigenvalue weighted by atomic mass is 9.89. The molecule has 2 aromatic heterocycles. The molecule has 0 unspecified atom stereocenters. The number of hydrogen-bond donors (Lipinski definition) is 1. The summed E-state index contributed by atoms with van der Waals surface area (Å²) < 4.78 is 44.5. The number of benzene rings is 2. The van der Waals surface area contributed by atoms with Crippen molar-refractivity contribution in [2.45, 2.75) is 44.3 Å². The van der Waals surface area contributed by atoms with Gasteiger partial charge in [-0.3, -0.25) is 9.59 Å². The summed E-state index contributed by atoms with van der Waals surface area (Å²) in [6.07, 6.45) is 3.54. The molecule has 41 heavy (non-hydrogen) atoms. The molecule has 2 atom stereocenters. The Labute approximate surface area is 234 Å². The Morgan fingerprint density at radius 1 is 1.02 bits per heavy atom. The molecular weight excluding hydrogens is 533 g/mol. The first-order valence-corrected chi connectivity index (χ1v) is 13.6. The van der Waals surface area contributed by atoms with Crippen LogP contribution in [0.3, 0.4) is 0 Å². The molecule has 0 bridgehead atoms. The number of halogens is 3. The van der Waals surface area contributed by atoms with Crippen molar-refractivity contribution >= 4 is 29.0 Å². The van der Waals surface area contributed by atoms with Crippen molar-refractivity contribution in [3.05, 3.63) is 89.2 Å². The molecule has 0 spiro atoms. The number of carbonyl (C=O) groups is 2. The van der Waals surface area contributed by atoms with Crippen molar-refractivity contribution in [1.82, 2.24) is 19.5 Å². The third-order valence-corrected chi connectivity index (χ3v) is 8.04. The summed E-state index contributed by atoms with van der Waals surface area (Å²) in [4.78, 5) is 32.9. The molecule has 212 valence electrons. The Bertz CT molecular complexity index is 1600. The first kappa shape index (κ1) is 26.8. The van der Waals surface area contributed by atoms with E-state index in [1.807, 2.05) is 29.2 Å². The monoisotopic (exact) mass is 562 g/mol. The quantitative estimate of drug-likeness (QED) is 0.358. The van der Waals surface area contributed by atoms with Gasteiger partial charge in [-0.15, -0.1) is 0 Å². The first-order valence-electron chi connectivity index (χ1n) is 13.6. The average Bonchev–Trinajstić information content (AvgIpc) is 3.58. The van der Waals surface area contributed by atoms with Gasteiger partial charge in [0.1, 0.15) is 29.2 Å². The van der Waals surface area contributed by atoms with Crippen LogP contribution in [0.4, 0.5) is 24.7 Å². The van der Waals surface area contributed by atoms with Gasteiger partial charge in [0.2, 0.25) is 5.91 Å². The van der Waals surface area contributed by atoms with E-state index in [4.69, 9.17) is 0 Å². The van der Waals surface area contributed by atoms with E-state index in [2.05, 4.69) is 15.4 Å². The standard InChI is InChI=1S/C30H29F3N6O2/c1-18(40)37-11-8-20(9-12-37)19-2-5-23(6-3-19)35-30(41)25-16-34-39-13-10-28(36-29(25)39)38-17-22(32)15-27(38)24-14-21(31)4-7-26(24)33/h2-7,10,13-14,16,20,22,27H,8-9,11-12,15,17H2,1H3,(H,35,41)/t22-,27+/m0/s1. The number of anilines is 2. The summed E-state index contributed by atoms with van der Waals surface area (Å²) >= 11 is 0. The fourth-order valence-corrected chi connectivity index (χ4v) is 5.85.